The molecule has 1 aliphatic rings. The molecule has 1 aromatic carbocycles. The van der Waals surface area contributed by atoms with Crippen LogP contribution in [-0.4, -0.2) is 25.2 Å². The molecule has 1 amide bonds. The number of amides is 1. The van der Waals surface area contributed by atoms with Gasteiger partial charge in [0, 0.05) is 25.1 Å². The Morgan fingerprint density at radius 3 is 2.83 bits per heavy atom. The van der Waals surface area contributed by atoms with E-state index in [1.807, 2.05) is 36.4 Å². The van der Waals surface area contributed by atoms with E-state index < -0.39 is 0 Å². The molecule has 0 radical (unpaired) electrons. The van der Waals surface area contributed by atoms with Crippen LogP contribution in [0.15, 0.2) is 40.8 Å². The van der Waals surface area contributed by atoms with Crippen molar-refractivity contribution in [2.45, 2.75) is 38.7 Å². The second kappa shape index (κ2) is 7.47. The highest BCUT2D eigenvalue weighted by atomic mass is 16.5. The highest BCUT2D eigenvalue weighted by molar-refractivity contribution is 5.96. The number of carbonyl (C=O) groups excluding carboxylic acids is 1. The van der Waals surface area contributed by atoms with Crippen LogP contribution in [0.5, 0.6) is 0 Å². The van der Waals surface area contributed by atoms with Gasteiger partial charge in [0.05, 0.1) is 11.7 Å². The molecule has 122 valence electrons. The average Bonchev–Trinajstić information content (AvgIpc) is 3.23. The lowest BCUT2D eigenvalue weighted by atomic mass is 10.1. The Balaban J connectivity index is 1.76. The van der Waals surface area contributed by atoms with E-state index in [0.717, 1.165) is 49.4 Å². The molecule has 4 heteroatoms. The Bertz CT molecular complexity index is 642. The SMILES string of the molecule is CCCc1oc(-c2ccccc2)cc1C(=O)NC[C@@H]1CCCO1. The summed E-state index contributed by atoms with van der Waals surface area (Å²) in [5, 5.41) is 2.98. The van der Waals surface area contributed by atoms with Gasteiger partial charge in [-0.1, -0.05) is 37.3 Å². The van der Waals surface area contributed by atoms with Crippen LogP contribution in [0.3, 0.4) is 0 Å². The molecule has 0 unspecified atom stereocenters. The lowest BCUT2D eigenvalue weighted by Gasteiger charge is -2.10. The normalized spacial score (nSPS) is 17.3. The van der Waals surface area contributed by atoms with Gasteiger partial charge >= 0.3 is 0 Å². The Hall–Kier alpha value is -2.07. The van der Waals surface area contributed by atoms with Crippen LogP contribution in [0, 0.1) is 0 Å². The number of carbonyl (C=O) groups is 1. The molecular weight excluding hydrogens is 290 g/mol. The van der Waals surface area contributed by atoms with Crippen molar-refractivity contribution in [1.29, 1.82) is 0 Å². The molecule has 4 nitrogen and oxygen atoms in total. The van der Waals surface area contributed by atoms with Crippen molar-refractivity contribution in [1.82, 2.24) is 5.32 Å². The molecule has 0 aliphatic carbocycles. The summed E-state index contributed by atoms with van der Waals surface area (Å²) in [6.07, 6.45) is 3.94. The zero-order chi connectivity index (χ0) is 16.1. The number of hydrogen-bond acceptors (Lipinski definition) is 3. The van der Waals surface area contributed by atoms with Crippen LogP contribution < -0.4 is 5.32 Å². The summed E-state index contributed by atoms with van der Waals surface area (Å²) in [4.78, 5) is 12.5. The summed E-state index contributed by atoms with van der Waals surface area (Å²) in [6, 6.07) is 11.7. The van der Waals surface area contributed by atoms with Crippen LogP contribution in [0.2, 0.25) is 0 Å². The Morgan fingerprint density at radius 1 is 1.30 bits per heavy atom. The minimum atomic E-state index is -0.0742. The third kappa shape index (κ3) is 3.82. The van der Waals surface area contributed by atoms with Crippen LogP contribution >= 0.6 is 0 Å². The maximum Gasteiger partial charge on any atom is 0.254 e. The first kappa shape index (κ1) is 15.8. The topological polar surface area (TPSA) is 51.5 Å². The highest BCUT2D eigenvalue weighted by Crippen LogP contribution is 2.26. The van der Waals surface area contributed by atoms with E-state index in [4.69, 9.17) is 9.15 Å². The van der Waals surface area contributed by atoms with Crippen molar-refractivity contribution in [3.8, 4) is 11.3 Å². The first-order valence-corrected chi connectivity index (χ1v) is 8.36. The van der Waals surface area contributed by atoms with Crippen LogP contribution in [-0.2, 0) is 11.2 Å². The monoisotopic (exact) mass is 313 g/mol. The van der Waals surface area contributed by atoms with Crippen molar-refractivity contribution in [3.63, 3.8) is 0 Å². The van der Waals surface area contributed by atoms with Gasteiger partial charge in [-0.25, -0.2) is 0 Å². The zero-order valence-corrected chi connectivity index (χ0v) is 13.5. The van der Waals surface area contributed by atoms with Gasteiger partial charge in [0.2, 0.25) is 0 Å². The number of rotatable bonds is 6. The van der Waals surface area contributed by atoms with E-state index in [1.165, 1.54) is 0 Å². The predicted molar refractivity (Wildman–Crippen MR) is 89.4 cm³/mol. The van der Waals surface area contributed by atoms with Gasteiger partial charge in [-0.15, -0.1) is 0 Å². The van der Waals surface area contributed by atoms with Crippen molar-refractivity contribution in [2.75, 3.05) is 13.2 Å². The fourth-order valence-electron chi connectivity index (χ4n) is 2.89. The summed E-state index contributed by atoms with van der Waals surface area (Å²) in [6.45, 7) is 3.44. The minimum Gasteiger partial charge on any atom is -0.460 e. The quantitative estimate of drug-likeness (QED) is 0.882. The van der Waals surface area contributed by atoms with Gasteiger partial charge in [-0.3, -0.25) is 4.79 Å². The number of nitrogens with one attached hydrogen (secondary N) is 1. The van der Waals surface area contributed by atoms with Crippen LogP contribution in [0.4, 0.5) is 0 Å². The van der Waals surface area contributed by atoms with E-state index in [2.05, 4.69) is 12.2 Å². The number of hydrogen-bond donors (Lipinski definition) is 1. The summed E-state index contributed by atoms with van der Waals surface area (Å²) in [7, 11) is 0. The lowest BCUT2D eigenvalue weighted by Crippen LogP contribution is -2.32. The van der Waals surface area contributed by atoms with Crippen molar-refractivity contribution < 1.29 is 13.9 Å². The van der Waals surface area contributed by atoms with E-state index in [-0.39, 0.29) is 12.0 Å². The molecule has 2 heterocycles. The van der Waals surface area contributed by atoms with Gasteiger partial charge in [0.25, 0.3) is 5.91 Å². The maximum absolute atomic E-state index is 12.5. The predicted octanol–water partition coefficient (Wildman–Crippen LogP) is 3.81. The molecule has 1 aliphatic heterocycles. The third-order valence-electron chi connectivity index (χ3n) is 4.10. The van der Waals surface area contributed by atoms with Crippen LogP contribution in [0.25, 0.3) is 11.3 Å². The van der Waals surface area contributed by atoms with Gasteiger partial charge in [0.15, 0.2) is 0 Å². The van der Waals surface area contributed by atoms with Crippen LogP contribution in [0.1, 0.15) is 42.3 Å². The zero-order valence-electron chi connectivity index (χ0n) is 13.5. The molecule has 23 heavy (non-hydrogen) atoms. The molecule has 1 aromatic heterocycles. The number of benzene rings is 1. The molecule has 1 fully saturated rings. The Kier molecular flexibility index (Phi) is 5.13. The largest absolute Gasteiger partial charge is 0.460 e. The molecule has 0 bridgehead atoms. The van der Waals surface area contributed by atoms with E-state index in [0.29, 0.717) is 12.1 Å². The standard InChI is InChI=1S/C19H23NO3/c1-2-7-17-16(19(21)20-13-15-10-6-11-22-15)12-18(23-17)14-8-4-3-5-9-14/h3-5,8-9,12,15H,2,6-7,10-11,13H2,1H3,(H,20,21)/t15-/m0/s1. The number of furan rings is 1. The lowest BCUT2D eigenvalue weighted by molar-refractivity contribution is 0.0856. The molecule has 2 aromatic rings. The molecule has 1 N–H and O–H groups in total. The van der Waals surface area contributed by atoms with Gasteiger partial charge < -0.3 is 14.5 Å². The van der Waals surface area contributed by atoms with E-state index in [1.54, 1.807) is 0 Å². The molecule has 0 saturated carbocycles. The Morgan fingerprint density at radius 2 is 2.13 bits per heavy atom. The van der Waals surface area contributed by atoms with Gasteiger partial charge in [-0.05, 0) is 25.3 Å². The van der Waals surface area contributed by atoms with E-state index >= 15 is 0 Å². The van der Waals surface area contributed by atoms with Crippen molar-refractivity contribution >= 4 is 5.91 Å². The smallest absolute Gasteiger partial charge is 0.254 e. The summed E-state index contributed by atoms with van der Waals surface area (Å²) in [5.74, 6) is 1.43. The summed E-state index contributed by atoms with van der Waals surface area (Å²) >= 11 is 0. The van der Waals surface area contributed by atoms with Gasteiger partial charge in [-0.2, -0.15) is 0 Å². The molecule has 3 rings (SSSR count). The summed E-state index contributed by atoms with van der Waals surface area (Å²) < 4.78 is 11.5. The number of ether oxygens (including phenoxy) is 1. The number of aryl methyl sites for hydroxylation is 1. The molecule has 0 spiro atoms. The van der Waals surface area contributed by atoms with E-state index in [9.17, 15) is 4.79 Å². The summed E-state index contributed by atoms with van der Waals surface area (Å²) in [5.41, 5.74) is 1.63. The van der Waals surface area contributed by atoms with Crippen molar-refractivity contribution in [2.24, 2.45) is 0 Å². The first-order valence-electron chi connectivity index (χ1n) is 8.36. The average molecular weight is 313 g/mol. The fourth-order valence-corrected chi connectivity index (χ4v) is 2.89. The molecule has 1 atom stereocenters. The minimum absolute atomic E-state index is 0.0742. The second-order valence-electron chi connectivity index (χ2n) is 5.91. The first-order chi connectivity index (χ1) is 11.3. The van der Waals surface area contributed by atoms with Crippen molar-refractivity contribution in [3.05, 3.63) is 47.7 Å². The second-order valence-corrected chi connectivity index (χ2v) is 5.91. The fraction of sp³-hybridized carbons (Fsp3) is 0.421. The Labute approximate surface area is 136 Å². The molecule has 1 saturated heterocycles. The molecular formula is C19H23NO3. The van der Waals surface area contributed by atoms with Gasteiger partial charge in [0.1, 0.15) is 11.5 Å². The maximum atomic E-state index is 12.5. The third-order valence-corrected chi connectivity index (χ3v) is 4.10. The highest BCUT2D eigenvalue weighted by Gasteiger charge is 2.21.